The molecule has 2 aromatic rings. The lowest BCUT2D eigenvalue weighted by molar-refractivity contribution is -0.127. The van der Waals surface area contributed by atoms with Crippen LogP contribution in [0.25, 0.3) is 0 Å². The fourth-order valence-corrected chi connectivity index (χ4v) is 3.76. The Balaban J connectivity index is 1.61. The second-order valence-electron chi connectivity index (χ2n) is 6.95. The first-order chi connectivity index (χ1) is 13.0. The average molecular weight is 388 g/mol. The molecular weight excluding hydrogens is 362 g/mol. The first-order valence-corrected chi connectivity index (χ1v) is 10.1. The number of rotatable bonds is 9. The highest BCUT2D eigenvalue weighted by atomic mass is 32.2. The first kappa shape index (κ1) is 19.4. The van der Waals surface area contributed by atoms with Gasteiger partial charge in [0.05, 0.1) is 5.75 Å². The van der Waals surface area contributed by atoms with Gasteiger partial charge in [-0.3, -0.25) is 9.59 Å². The van der Waals surface area contributed by atoms with Gasteiger partial charge in [-0.15, -0.1) is 10.2 Å². The van der Waals surface area contributed by atoms with Gasteiger partial charge in [0, 0.05) is 32.5 Å². The Kier molecular flexibility index (Phi) is 6.15. The van der Waals surface area contributed by atoms with Crippen LogP contribution in [0.5, 0.6) is 0 Å². The highest BCUT2D eigenvalue weighted by molar-refractivity contribution is 7.99. The topological polar surface area (TPSA) is 94.1 Å². The molecule has 0 aliphatic heterocycles. The van der Waals surface area contributed by atoms with E-state index in [0.717, 1.165) is 24.2 Å². The maximum Gasteiger partial charge on any atom is 0.233 e. The second kappa shape index (κ2) is 8.56. The fraction of sp³-hybridized carbons (Fsp3) is 0.474. The van der Waals surface area contributed by atoms with Crippen molar-refractivity contribution in [2.75, 3.05) is 12.8 Å². The highest BCUT2D eigenvalue weighted by Gasteiger charge is 2.30. The predicted octanol–water partition coefficient (Wildman–Crippen LogP) is 2.09. The summed E-state index contributed by atoms with van der Waals surface area (Å²) in [5.74, 6) is 1.27. The van der Waals surface area contributed by atoms with E-state index in [1.54, 1.807) is 4.90 Å². The van der Waals surface area contributed by atoms with Gasteiger partial charge in [0.2, 0.25) is 11.8 Å². The maximum atomic E-state index is 12.5. The number of primary amides is 1. The molecule has 144 valence electrons. The van der Waals surface area contributed by atoms with E-state index in [9.17, 15) is 9.59 Å². The monoisotopic (exact) mass is 387 g/mol. The van der Waals surface area contributed by atoms with Crippen LogP contribution in [-0.2, 0) is 22.7 Å². The molecule has 3 rings (SSSR count). The molecule has 1 aromatic carbocycles. The summed E-state index contributed by atoms with van der Waals surface area (Å²) in [5, 5.41) is 9.19. The van der Waals surface area contributed by atoms with E-state index in [4.69, 9.17) is 5.73 Å². The van der Waals surface area contributed by atoms with Crippen LogP contribution in [0, 0.1) is 6.92 Å². The third-order valence-corrected chi connectivity index (χ3v) is 5.64. The summed E-state index contributed by atoms with van der Waals surface area (Å²) >= 11 is 1.36. The number of hydrogen-bond donors (Lipinski definition) is 1. The van der Waals surface area contributed by atoms with Gasteiger partial charge in [0.15, 0.2) is 5.16 Å². The number of nitrogens with two attached hydrogens (primary N) is 1. The van der Waals surface area contributed by atoms with Gasteiger partial charge in [-0.2, -0.15) is 0 Å². The lowest BCUT2D eigenvalue weighted by Gasteiger charge is -2.18. The van der Waals surface area contributed by atoms with Gasteiger partial charge in [0.1, 0.15) is 5.82 Å². The van der Waals surface area contributed by atoms with Crippen molar-refractivity contribution < 1.29 is 9.59 Å². The van der Waals surface area contributed by atoms with E-state index >= 15 is 0 Å². The lowest BCUT2D eigenvalue weighted by atomic mass is 10.1. The van der Waals surface area contributed by atoms with E-state index in [2.05, 4.69) is 10.2 Å². The Morgan fingerprint density at radius 1 is 1.30 bits per heavy atom. The summed E-state index contributed by atoms with van der Waals surface area (Å²) in [5.41, 5.74) is 7.60. The van der Waals surface area contributed by atoms with Gasteiger partial charge in [0.25, 0.3) is 0 Å². The van der Waals surface area contributed by atoms with Crippen molar-refractivity contribution in [3.05, 3.63) is 41.2 Å². The third kappa shape index (κ3) is 5.09. The van der Waals surface area contributed by atoms with Crippen molar-refractivity contribution in [3.63, 3.8) is 0 Å². The average Bonchev–Trinajstić information content (AvgIpc) is 3.40. The minimum Gasteiger partial charge on any atom is -0.370 e. The standard InChI is InChI=1S/C19H25N5O2S/c1-13-5-3-4-6-15(13)11-23(2)17(26)12-27-19-22-21-18(14-7-8-14)24(19)10-9-16(20)25/h3-6,14H,7-12H2,1-2H3,(H2,20,25). The van der Waals surface area contributed by atoms with Crippen LogP contribution < -0.4 is 5.73 Å². The maximum absolute atomic E-state index is 12.5. The summed E-state index contributed by atoms with van der Waals surface area (Å²) in [7, 11) is 1.81. The molecule has 2 N–H and O–H groups in total. The van der Waals surface area contributed by atoms with Crippen LogP contribution in [0.4, 0.5) is 0 Å². The van der Waals surface area contributed by atoms with Crippen LogP contribution in [0.1, 0.15) is 42.1 Å². The van der Waals surface area contributed by atoms with E-state index in [-0.39, 0.29) is 24.0 Å². The van der Waals surface area contributed by atoms with Gasteiger partial charge in [-0.25, -0.2) is 0 Å². The summed E-state index contributed by atoms with van der Waals surface area (Å²) in [4.78, 5) is 25.4. The molecule has 27 heavy (non-hydrogen) atoms. The summed E-state index contributed by atoms with van der Waals surface area (Å²) < 4.78 is 1.95. The smallest absolute Gasteiger partial charge is 0.233 e. The molecule has 7 nitrogen and oxygen atoms in total. The van der Waals surface area contributed by atoms with Crippen molar-refractivity contribution in [1.82, 2.24) is 19.7 Å². The number of nitrogens with zero attached hydrogens (tertiary/aromatic N) is 4. The van der Waals surface area contributed by atoms with Crippen molar-refractivity contribution in [2.45, 2.75) is 50.4 Å². The molecule has 0 radical (unpaired) electrons. The molecule has 0 spiro atoms. The highest BCUT2D eigenvalue weighted by Crippen LogP contribution is 2.40. The summed E-state index contributed by atoms with van der Waals surface area (Å²) in [6.45, 7) is 3.08. The molecule has 1 saturated carbocycles. The number of amides is 2. The molecule has 8 heteroatoms. The molecule has 0 saturated heterocycles. The van der Waals surface area contributed by atoms with E-state index < -0.39 is 0 Å². The van der Waals surface area contributed by atoms with Crippen molar-refractivity contribution in [2.24, 2.45) is 5.73 Å². The van der Waals surface area contributed by atoms with Gasteiger partial charge in [-0.05, 0) is 30.9 Å². The minimum absolute atomic E-state index is 0.0284. The molecule has 2 amide bonds. The Morgan fingerprint density at radius 3 is 2.70 bits per heavy atom. The van der Waals surface area contributed by atoms with E-state index in [1.165, 1.54) is 17.3 Å². The molecule has 0 atom stereocenters. The Morgan fingerprint density at radius 2 is 2.04 bits per heavy atom. The van der Waals surface area contributed by atoms with Crippen LogP contribution in [0.15, 0.2) is 29.4 Å². The number of carbonyl (C=O) groups is 2. The van der Waals surface area contributed by atoms with E-state index in [0.29, 0.717) is 24.2 Å². The summed E-state index contributed by atoms with van der Waals surface area (Å²) in [6.07, 6.45) is 2.43. The quantitative estimate of drug-likeness (QED) is 0.665. The zero-order valence-corrected chi connectivity index (χ0v) is 16.5. The number of hydrogen-bond acceptors (Lipinski definition) is 5. The lowest BCUT2D eigenvalue weighted by Crippen LogP contribution is -2.28. The number of carbonyl (C=O) groups excluding carboxylic acids is 2. The van der Waals surface area contributed by atoms with Crippen LogP contribution in [0.2, 0.25) is 0 Å². The minimum atomic E-state index is -0.351. The van der Waals surface area contributed by atoms with Gasteiger partial charge in [-0.1, -0.05) is 36.0 Å². The molecule has 0 unspecified atom stereocenters. The first-order valence-electron chi connectivity index (χ1n) is 9.08. The molecule has 1 heterocycles. The van der Waals surface area contributed by atoms with Crippen molar-refractivity contribution in [3.8, 4) is 0 Å². The van der Waals surface area contributed by atoms with Crippen molar-refractivity contribution >= 4 is 23.6 Å². The second-order valence-corrected chi connectivity index (χ2v) is 7.89. The number of aryl methyl sites for hydroxylation is 1. The van der Waals surface area contributed by atoms with Crippen LogP contribution in [-0.4, -0.2) is 44.3 Å². The summed E-state index contributed by atoms with van der Waals surface area (Å²) in [6, 6.07) is 8.06. The normalized spacial score (nSPS) is 13.6. The molecule has 1 aromatic heterocycles. The SMILES string of the molecule is Cc1ccccc1CN(C)C(=O)CSc1nnc(C2CC2)n1CCC(N)=O. The molecular formula is C19H25N5O2S. The molecule has 1 aliphatic carbocycles. The Bertz CT molecular complexity index is 831. The fourth-order valence-electron chi connectivity index (χ4n) is 2.85. The number of aromatic nitrogens is 3. The largest absolute Gasteiger partial charge is 0.370 e. The molecule has 0 bridgehead atoms. The zero-order chi connectivity index (χ0) is 19.4. The Hall–Kier alpha value is -2.35. The number of benzene rings is 1. The van der Waals surface area contributed by atoms with Crippen molar-refractivity contribution in [1.29, 1.82) is 0 Å². The van der Waals surface area contributed by atoms with Crippen LogP contribution >= 0.6 is 11.8 Å². The predicted molar refractivity (Wildman–Crippen MR) is 104 cm³/mol. The Labute approximate surface area is 163 Å². The number of thioether (sulfide) groups is 1. The molecule has 1 fully saturated rings. The van der Waals surface area contributed by atoms with Gasteiger partial charge < -0.3 is 15.2 Å². The zero-order valence-electron chi connectivity index (χ0n) is 15.7. The third-order valence-electron chi connectivity index (χ3n) is 4.69. The van der Waals surface area contributed by atoms with Crippen LogP contribution in [0.3, 0.4) is 0 Å². The van der Waals surface area contributed by atoms with E-state index in [1.807, 2.05) is 42.8 Å². The molecule has 1 aliphatic rings. The van der Waals surface area contributed by atoms with Gasteiger partial charge >= 0.3 is 0 Å².